The molecule has 2 aromatic rings. The summed E-state index contributed by atoms with van der Waals surface area (Å²) in [6.45, 7) is 4.79. The third-order valence-corrected chi connectivity index (χ3v) is 7.15. The van der Waals surface area contributed by atoms with Gasteiger partial charge in [-0.15, -0.1) is 0 Å². The molecular weight excluding hydrogens is 427 g/mol. The zero-order valence-electron chi connectivity index (χ0n) is 17.8. The third kappa shape index (κ3) is 4.79. The highest BCUT2D eigenvalue weighted by Gasteiger charge is 2.38. The summed E-state index contributed by atoms with van der Waals surface area (Å²) >= 11 is 0. The molecule has 2 aliphatic rings. The second-order valence-corrected chi connectivity index (χ2v) is 10.6. The number of likely N-dealkylation sites (tertiary alicyclic amines) is 1. The van der Waals surface area contributed by atoms with E-state index in [2.05, 4.69) is 21.8 Å². The SMILES string of the molecule is COc1cc(C[C@@]2([SiH3])CCN(C(C)c3ccc4c(n3)OCCO4)C2)cc(C(F)(F)F)n1. The van der Waals surface area contributed by atoms with Crippen molar-refractivity contribution in [3.05, 3.63) is 41.2 Å². The normalized spacial score (nSPS) is 22.5. The average molecular weight is 454 g/mol. The molecule has 31 heavy (non-hydrogen) atoms. The van der Waals surface area contributed by atoms with Crippen molar-refractivity contribution in [3.63, 3.8) is 0 Å². The van der Waals surface area contributed by atoms with Crippen molar-refractivity contribution in [2.45, 2.75) is 37.0 Å². The van der Waals surface area contributed by atoms with E-state index in [-0.39, 0.29) is 17.0 Å². The van der Waals surface area contributed by atoms with Crippen LogP contribution in [0.2, 0.25) is 5.04 Å². The number of halogens is 3. The predicted molar refractivity (Wildman–Crippen MR) is 112 cm³/mol. The fraction of sp³-hybridized carbons (Fsp3) is 0.524. The Labute approximate surface area is 182 Å². The number of ether oxygens (including phenoxy) is 3. The van der Waals surface area contributed by atoms with Crippen molar-refractivity contribution < 1.29 is 27.4 Å². The molecule has 4 heterocycles. The minimum absolute atomic E-state index is 0.00112. The number of fused-ring (bicyclic) bond motifs is 1. The molecule has 4 rings (SSSR count). The van der Waals surface area contributed by atoms with E-state index in [1.165, 1.54) is 7.11 Å². The molecule has 0 bridgehead atoms. The highest BCUT2D eigenvalue weighted by Crippen LogP contribution is 2.42. The number of pyridine rings is 2. The zero-order valence-corrected chi connectivity index (χ0v) is 19.8. The number of methoxy groups -OCH3 is 1. The van der Waals surface area contributed by atoms with E-state index in [1.54, 1.807) is 6.07 Å². The smallest absolute Gasteiger partial charge is 0.433 e. The molecule has 1 saturated heterocycles. The lowest BCUT2D eigenvalue weighted by Gasteiger charge is -2.29. The molecule has 6 nitrogen and oxygen atoms in total. The first-order chi connectivity index (χ1) is 14.7. The van der Waals surface area contributed by atoms with Crippen LogP contribution in [0.4, 0.5) is 13.2 Å². The summed E-state index contributed by atoms with van der Waals surface area (Å²) in [5.74, 6) is 1.18. The van der Waals surface area contributed by atoms with Gasteiger partial charge in [0.25, 0.3) is 5.88 Å². The summed E-state index contributed by atoms with van der Waals surface area (Å²) < 4.78 is 55.8. The van der Waals surface area contributed by atoms with Gasteiger partial charge in [-0.2, -0.15) is 13.2 Å². The summed E-state index contributed by atoms with van der Waals surface area (Å²) in [5, 5.41) is -0.0304. The van der Waals surface area contributed by atoms with Crippen LogP contribution in [-0.2, 0) is 12.6 Å². The quantitative estimate of drug-likeness (QED) is 0.649. The van der Waals surface area contributed by atoms with Crippen LogP contribution in [0.15, 0.2) is 24.3 Å². The number of aromatic nitrogens is 2. The first-order valence-corrected chi connectivity index (χ1v) is 11.3. The molecule has 168 valence electrons. The van der Waals surface area contributed by atoms with Crippen LogP contribution in [-0.4, -0.2) is 58.5 Å². The van der Waals surface area contributed by atoms with Gasteiger partial charge in [-0.1, -0.05) is 0 Å². The van der Waals surface area contributed by atoms with Gasteiger partial charge >= 0.3 is 6.18 Å². The highest BCUT2D eigenvalue weighted by molar-refractivity contribution is 6.15. The Hall–Kier alpha value is -2.33. The second-order valence-electron chi connectivity index (χ2n) is 8.52. The highest BCUT2D eigenvalue weighted by atomic mass is 28.1. The van der Waals surface area contributed by atoms with E-state index in [1.807, 2.05) is 12.1 Å². The van der Waals surface area contributed by atoms with Gasteiger partial charge in [0.2, 0.25) is 5.88 Å². The summed E-state index contributed by atoms with van der Waals surface area (Å²) in [6, 6.07) is 6.68. The van der Waals surface area contributed by atoms with Crippen LogP contribution >= 0.6 is 0 Å². The maximum Gasteiger partial charge on any atom is 0.433 e. The number of hydrogen-bond donors (Lipinski definition) is 0. The first kappa shape index (κ1) is 21.9. The Kier molecular flexibility index (Phi) is 5.86. The molecule has 0 N–H and O–H groups in total. The summed E-state index contributed by atoms with van der Waals surface area (Å²) in [4.78, 5) is 10.5. The standard InChI is InChI=1S/C21H26F3N3O3Si/c1-13(15-3-4-16-19(25-15)30-8-7-29-16)27-6-5-20(31,12-27)11-14-9-17(21(22,23)24)26-18(10-14)28-2/h3-4,9-10,13H,5-8,11-12H2,1-2,31H3/t13?,20-/m0/s1. The van der Waals surface area contributed by atoms with Crippen LogP contribution in [0.3, 0.4) is 0 Å². The van der Waals surface area contributed by atoms with Crippen LogP contribution < -0.4 is 14.2 Å². The van der Waals surface area contributed by atoms with Gasteiger partial charge in [-0.3, -0.25) is 4.90 Å². The maximum atomic E-state index is 13.2. The molecule has 2 aromatic heterocycles. The molecule has 1 fully saturated rings. The number of rotatable bonds is 5. The third-order valence-electron chi connectivity index (χ3n) is 5.98. The minimum Gasteiger partial charge on any atom is -0.484 e. The first-order valence-electron chi connectivity index (χ1n) is 10.3. The fourth-order valence-corrected chi connectivity index (χ4v) is 5.34. The Bertz CT molecular complexity index is 959. The van der Waals surface area contributed by atoms with Gasteiger partial charge in [0.15, 0.2) is 5.75 Å². The fourth-order valence-electron chi connectivity index (χ4n) is 4.31. The molecule has 0 saturated carbocycles. The molecule has 0 aromatic carbocycles. The Balaban J connectivity index is 1.49. The van der Waals surface area contributed by atoms with Crippen molar-refractivity contribution in [2.24, 2.45) is 0 Å². The number of nitrogens with zero attached hydrogens (tertiary/aromatic N) is 3. The summed E-state index contributed by atoms with van der Waals surface area (Å²) in [7, 11) is 2.19. The second kappa shape index (κ2) is 8.31. The molecule has 10 heteroatoms. The van der Waals surface area contributed by atoms with Crippen molar-refractivity contribution >= 4 is 10.2 Å². The number of hydrogen-bond acceptors (Lipinski definition) is 6. The molecular formula is C21H26F3N3O3Si. The predicted octanol–water partition coefficient (Wildman–Crippen LogP) is 2.81. The van der Waals surface area contributed by atoms with Gasteiger partial charge in [0, 0.05) is 28.9 Å². The topological polar surface area (TPSA) is 56.7 Å². The molecule has 0 amide bonds. The van der Waals surface area contributed by atoms with Gasteiger partial charge in [0.05, 0.1) is 12.8 Å². The van der Waals surface area contributed by atoms with E-state index in [4.69, 9.17) is 14.2 Å². The van der Waals surface area contributed by atoms with Crippen molar-refractivity contribution in [1.82, 2.24) is 14.9 Å². The zero-order chi connectivity index (χ0) is 22.2. The van der Waals surface area contributed by atoms with Crippen molar-refractivity contribution in [3.8, 4) is 17.5 Å². The van der Waals surface area contributed by atoms with Crippen molar-refractivity contribution in [1.29, 1.82) is 0 Å². The summed E-state index contributed by atoms with van der Waals surface area (Å²) in [6.07, 6.45) is -3.00. The molecule has 2 aliphatic heterocycles. The largest absolute Gasteiger partial charge is 0.484 e. The maximum absolute atomic E-state index is 13.2. The van der Waals surface area contributed by atoms with E-state index < -0.39 is 11.9 Å². The van der Waals surface area contributed by atoms with E-state index in [0.717, 1.165) is 41.5 Å². The van der Waals surface area contributed by atoms with E-state index in [9.17, 15) is 13.2 Å². The minimum atomic E-state index is -4.50. The van der Waals surface area contributed by atoms with E-state index in [0.29, 0.717) is 36.8 Å². The van der Waals surface area contributed by atoms with Crippen LogP contribution in [0.5, 0.6) is 17.5 Å². The number of alkyl halides is 3. The van der Waals surface area contributed by atoms with Crippen LogP contribution in [0.1, 0.15) is 36.3 Å². The van der Waals surface area contributed by atoms with Crippen LogP contribution in [0.25, 0.3) is 0 Å². The monoisotopic (exact) mass is 453 g/mol. The lowest BCUT2D eigenvalue weighted by Crippen LogP contribution is -2.28. The average Bonchev–Trinajstić information content (AvgIpc) is 3.13. The van der Waals surface area contributed by atoms with Gasteiger partial charge < -0.3 is 14.2 Å². The lowest BCUT2D eigenvalue weighted by atomic mass is 9.97. The van der Waals surface area contributed by atoms with Gasteiger partial charge in [-0.25, -0.2) is 9.97 Å². The summed E-state index contributed by atoms with van der Waals surface area (Å²) in [5.41, 5.74) is 0.608. The van der Waals surface area contributed by atoms with E-state index >= 15 is 0 Å². The van der Waals surface area contributed by atoms with Crippen molar-refractivity contribution in [2.75, 3.05) is 33.4 Å². The van der Waals surface area contributed by atoms with Gasteiger partial charge in [0.1, 0.15) is 18.9 Å². The molecule has 0 spiro atoms. The van der Waals surface area contributed by atoms with Gasteiger partial charge in [-0.05, 0) is 55.1 Å². The molecule has 2 atom stereocenters. The lowest BCUT2D eigenvalue weighted by molar-refractivity contribution is -0.141. The Morgan fingerprint density at radius 2 is 2.00 bits per heavy atom. The molecule has 1 unspecified atom stereocenters. The molecule has 0 radical (unpaired) electrons. The Morgan fingerprint density at radius 3 is 2.74 bits per heavy atom. The Morgan fingerprint density at radius 1 is 1.23 bits per heavy atom. The molecule has 0 aliphatic carbocycles. The van der Waals surface area contributed by atoms with Crippen LogP contribution in [0, 0.1) is 0 Å².